The number of rotatable bonds is 9. The van der Waals surface area contributed by atoms with Crippen LogP contribution in [0, 0.1) is 0 Å². The van der Waals surface area contributed by atoms with E-state index in [0.29, 0.717) is 0 Å². The largest absolute Gasteiger partial charge is 0.310 e. The molecule has 0 spiro atoms. The molecule has 0 aliphatic carbocycles. The van der Waals surface area contributed by atoms with Gasteiger partial charge in [-0.1, -0.05) is 206 Å². The maximum Gasteiger partial charge on any atom is 0.0541 e. The highest BCUT2D eigenvalue weighted by atomic mass is 15.1. The van der Waals surface area contributed by atoms with E-state index in [2.05, 4.69) is 276 Å². The Balaban J connectivity index is 1.02. The first-order valence-corrected chi connectivity index (χ1v) is 22.7. The molecule has 1 heterocycles. The highest BCUT2D eigenvalue weighted by Crippen LogP contribution is 2.45. The molecular weight excluding hydrogens is 797 g/mol. The van der Waals surface area contributed by atoms with Gasteiger partial charge in [0.05, 0.1) is 16.7 Å². The van der Waals surface area contributed by atoms with Gasteiger partial charge in [0.1, 0.15) is 0 Å². The minimum atomic E-state index is 1.07. The summed E-state index contributed by atoms with van der Waals surface area (Å²) in [5.41, 5.74) is 18.6. The number of hydrogen-bond acceptors (Lipinski definition) is 1. The Kier molecular flexibility index (Phi) is 9.89. The first-order valence-electron chi connectivity index (χ1n) is 22.7. The number of hydrogen-bond donors (Lipinski definition) is 0. The molecule has 0 aliphatic heterocycles. The van der Waals surface area contributed by atoms with Gasteiger partial charge < -0.3 is 9.47 Å². The average molecular weight is 841 g/mol. The van der Waals surface area contributed by atoms with Crippen molar-refractivity contribution in [2.45, 2.75) is 0 Å². The number of benzene rings is 11. The molecule has 310 valence electrons. The van der Waals surface area contributed by atoms with E-state index >= 15 is 0 Å². The third kappa shape index (κ3) is 7.02. The standard InChI is InChI=1S/C64H44N2/c1-3-18-45(19-4-1)50-24-17-25-53(43-50)65(52-38-36-48(37-39-52)55-26-9-10-27-56(55)51-35-34-46-20-7-8-23-49(46)42-51)54-40-41-57(61(44-54)47-21-5-2-6-22-47)58-28-11-14-31-62(58)66-63-32-15-12-29-59(63)60-30-13-16-33-64(60)66/h1-44H. The molecule has 0 amide bonds. The highest BCUT2D eigenvalue weighted by Gasteiger charge is 2.21. The SMILES string of the molecule is c1ccc(-c2cccc(N(c3ccc(-c4ccccc4-c4ccc5ccccc5c4)cc3)c3ccc(-c4ccccc4-n4c5ccccc5c5ccccc54)c(-c4ccccc4)c3)c2)cc1. The molecule has 0 unspecified atom stereocenters. The van der Waals surface area contributed by atoms with Crippen molar-refractivity contribution in [1.82, 2.24) is 4.57 Å². The molecular formula is C64H44N2. The zero-order valence-electron chi connectivity index (χ0n) is 36.3. The van der Waals surface area contributed by atoms with Gasteiger partial charge in [0, 0.05) is 33.4 Å². The van der Waals surface area contributed by atoms with Crippen LogP contribution in [0.25, 0.3) is 93.9 Å². The fourth-order valence-electron chi connectivity index (χ4n) is 9.88. The Morgan fingerprint density at radius 2 is 0.758 bits per heavy atom. The van der Waals surface area contributed by atoms with E-state index in [0.717, 1.165) is 33.9 Å². The van der Waals surface area contributed by atoms with Gasteiger partial charge >= 0.3 is 0 Å². The Hall–Kier alpha value is -8.72. The molecule has 66 heavy (non-hydrogen) atoms. The van der Waals surface area contributed by atoms with E-state index in [1.165, 1.54) is 77.1 Å². The Bertz CT molecular complexity index is 3640. The predicted molar refractivity (Wildman–Crippen MR) is 280 cm³/mol. The van der Waals surface area contributed by atoms with Crippen LogP contribution in [0.4, 0.5) is 17.1 Å². The van der Waals surface area contributed by atoms with Crippen molar-refractivity contribution >= 4 is 49.6 Å². The molecule has 0 saturated carbocycles. The molecule has 0 fully saturated rings. The monoisotopic (exact) mass is 840 g/mol. The summed E-state index contributed by atoms with van der Waals surface area (Å²) in [4.78, 5) is 2.40. The number of fused-ring (bicyclic) bond motifs is 4. The number of anilines is 3. The van der Waals surface area contributed by atoms with E-state index in [4.69, 9.17) is 0 Å². The second kappa shape index (κ2) is 16.8. The van der Waals surface area contributed by atoms with E-state index in [1.54, 1.807) is 0 Å². The topological polar surface area (TPSA) is 8.17 Å². The molecule has 1 aromatic heterocycles. The minimum Gasteiger partial charge on any atom is -0.310 e. The zero-order valence-corrected chi connectivity index (χ0v) is 36.3. The molecule has 2 nitrogen and oxygen atoms in total. The molecule has 0 bridgehead atoms. The summed E-state index contributed by atoms with van der Waals surface area (Å²) < 4.78 is 2.43. The summed E-state index contributed by atoms with van der Waals surface area (Å²) in [6.45, 7) is 0. The van der Waals surface area contributed by atoms with E-state index in [1.807, 2.05) is 0 Å². The normalized spacial score (nSPS) is 11.3. The fraction of sp³-hybridized carbons (Fsp3) is 0. The summed E-state index contributed by atoms with van der Waals surface area (Å²) in [7, 11) is 0. The Morgan fingerprint density at radius 3 is 1.48 bits per heavy atom. The van der Waals surface area contributed by atoms with Gasteiger partial charge in [-0.2, -0.15) is 0 Å². The summed E-state index contributed by atoms with van der Waals surface area (Å²) in [6, 6.07) is 97.0. The minimum absolute atomic E-state index is 1.07. The number of aromatic nitrogens is 1. The van der Waals surface area contributed by atoms with Crippen molar-refractivity contribution in [3.8, 4) is 61.3 Å². The quantitative estimate of drug-likeness (QED) is 0.141. The summed E-state index contributed by atoms with van der Waals surface area (Å²) in [6.07, 6.45) is 0. The maximum absolute atomic E-state index is 2.43. The second-order valence-corrected chi connectivity index (χ2v) is 16.9. The van der Waals surface area contributed by atoms with Crippen LogP contribution in [0.2, 0.25) is 0 Å². The Labute approximate surface area is 385 Å². The smallest absolute Gasteiger partial charge is 0.0541 e. The first kappa shape index (κ1) is 38.9. The van der Waals surface area contributed by atoms with Gasteiger partial charge in [-0.05, 0) is 122 Å². The Morgan fingerprint density at radius 1 is 0.242 bits per heavy atom. The fourth-order valence-corrected chi connectivity index (χ4v) is 9.88. The summed E-state index contributed by atoms with van der Waals surface area (Å²) >= 11 is 0. The summed E-state index contributed by atoms with van der Waals surface area (Å²) in [5.74, 6) is 0. The maximum atomic E-state index is 2.43. The lowest BCUT2D eigenvalue weighted by molar-refractivity contribution is 1.18. The molecule has 12 aromatic rings. The molecule has 0 N–H and O–H groups in total. The molecule has 0 aliphatic rings. The molecule has 11 aromatic carbocycles. The van der Waals surface area contributed by atoms with E-state index < -0.39 is 0 Å². The lowest BCUT2D eigenvalue weighted by Crippen LogP contribution is -2.10. The van der Waals surface area contributed by atoms with Crippen molar-refractivity contribution < 1.29 is 0 Å². The average Bonchev–Trinajstić information content (AvgIpc) is 3.73. The van der Waals surface area contributed by atoms with Crippen LogP contribution in [-0.2, 0) is 0 Å². The van der Waals surface area contributed by atoms with Gasteiger partial charge in [-0.15, -0.1) is 0 Å². The van der Waals surface area contributed by atoms with Crippen LogP contribution in [0.5, 0.6) is 0 Å². The van der Waals surface area contributed by atoms with Crippen LogP contribution in [-0.4, -0.2) is 4.57 Å². The van der Waals surface area contributed by atoms with Crippen LogP contribution in [0.1, 0.15) is 0 Å². The highest BCUT2D eigenvalue weighted by molar-refractivity contribution is 6.10. The van der Waals surface area contributed by atoms with Gasteiger partial charge in [0.2, 0.25) is 0 Å². The van der Waals surface area contributed by atoms with Gasteiger partial charge in [-0.3, -0.25) is 0 Å². The third-order valence-corrected chi connectivity index (χ3v) is 13.0. The third-order valence-electron chi connectivity index (χ3n) is 13.0. The van der Waals surface area contributed by atoms with Crippen molar-refractivity contribution in [3.63, 3.8) is 0 Å². The second-order valence-electron chi connectivity index (χ2n) is 16.9. The van der Waals surface area contributed by atoms with Crippen LogP contribution in [0.15, 0.2) is 267 Å². The number of para-hydroxylation sites is 3. The van der Waals surface area contributed by atoms with Crippen LogP contribution in [0.3, 0.4) is 0 Å². The zero-order chi connectivity index (χ0) is 43.8. The summed E-state index contributed by atoms with van der Waals surface area (Å²) in [5, 5.41) is 4.98. The molecule has 2 heteroatoms. The van der Waals surface area contributed by atoms with Crippen molar-refractivity contribution in [2.24, 2.45) is 0 Å². The van der Waals surface area contributed by atoms with Crippen molar-refractivity contribution in [3.05, 3.63) is 267 Å². The molecule has 0 atom stereocenters. The van der Waals surface area contributed by atoms with Crippen LogP contribution >= 0.6 is 0 Å². The lowest BCUT2D eigenvalue weighted by atomic mass is 9.92. The van der Waals surface area contributed by atoms with Gasteiger partial charge in [-0.25, -0.2) is 0 Å². The van der Waals surface area contributed by atoms with Crippen molar-refractivity contribution in [2.75, 3.05) is 4.90 Å². The van der Waals surface area contributed by atoms with Crippen molar-refractivity contribution in [1.29, 1.82) is 0 Å². The van der Waals surface area contributed by atoms with Gasteiger partial charge in [0.25, 0.3) is 0 Å². The van der Waals surface area contributed by atoms with Crippen LogP contribution < -0.4 is 4.90 Å². The van der Waals surface area contributed by atoms with E-state index in [-0.39, 0.29) is 0 Å². The van der Waals surface area contributed by atoms with Gasteiger partial charge in [0.15, 0.2) is 0 Å². The molecule has 12 rings (SSSR count). The number of nitrogens with zero attached hydrogens (tertiary/aromatic N) is 2. The molecule has 0 radical (unpaired) electrons. The molecule has 0 saturated heterocycles. The predicted octanol–water partition coefficient (Wildman–Crippen LogP) is 17.7. The first-order chi connectivity index (χ1) is 32.7. The lowest BCUT2D eigenvalue weighted by Gasteiger charge is -2.28. The van der Waals surface area contributed by atoms with E-state index in [9.17, 15) is 0 Å².